The summed E-state index contributed by atoms with van der Waals surface area (Å²) < 4.78 is 5.47. The van der Waals surface area contributed by atoms with Gasteiger partial charge in [0.1, 0.15) is 5.75 Å². The number of thiophene rings is 1. The van der Waals surface area contributed by atoms with E-state index in [1.165, 1.54) is 17.5 Å². The fourth-order valence-electron chi connectivity index (χ4n) is 2.54. The molecule has 0 aliphatic rings. The maximum atomic E-state index is 5.47. The second-order valence-electron chi connectivity index (χ2n) is 5.34. The van der Waals surface area contributed by atoms with Crippen LogP contribution in [0.4, 0.5) is 0 Å². The summed E-state index contributed by atoms with van der Waals surface area (Å²) >= 11 is 1.78. The highest BCUT2D eigenvalue weighted by Gasteiger charge is 2.12. The van der Waals surface area contributed by atoms with Crippen molar-refractivity contribution in [3.63, 3.8) is 0 Å². The van der Waals surface area contributed by atoms with Crippen molar-refractivity contribution in [2.24, 2.45) is 0 Å². The summed E-state index contributed by atoms with van der Waals surface area (Å²) in [6, 6.07) is 11.1. The number of aryl methyl sites for hydroxylation is 1. The van der Waals surface area contributed by atoms with Crippen LogP contribution < -0.4 is 10.1 Å². The molecule has 114 valence electrons. The van der Waals surface area contributed by atoms with Gasteiger partial charge in [0.25, 0.3) is 0 Å². The molecule has 0 aliphatic carbocycles. The number of para-hydroxylation sites is 1. The average Bonchev–Trinajstić information content (AvgIpc) is 3.04. The first-order valence-corrected chi connectivity index (χ1v) is 8.64. The summed E-state index contributed by atoms with van der Waals surface area (Å²) in [5.74, 6) is 0.997. The normalized spacial score (nSPS) is 12.3. The third-order valence-electron chi connectivity index (χ3n) is 3.70. The molecule has 1 aromatic heterocycles. The number of hydrogen-bond donors (Lipinski definition) is 1. The van der Waals surface area contributed by atoms with Crippen LogP contribution in [0.5, 0.6) is 5.75 Å². The van der Waals surface area contributed by atoms with Crippen molar-refractivity contribution >= 4 is 11.3 Å². The topological polar surface area (TPSA) is 21.3 Å². The molecular weight excluding hydrogens is 278 g/mol. The van der Waals surface area contributed by atoms with Gasteiger partial charge in [-0.2, -0.15) is 11.3 Å². The molecule has 0 aliphatic heterocycles. The van der Waals surface area contributed by atoms with Gasteiger partial charge in [0.2, 0.25) is 0 Å². The number of methoxy groups -OCH3 is 1. The number of hydrogen-bond acceptors (Lipinski definition) is 3. The maximum absolute atomic E-state index is 5.47. The number of rotatable bonds is 9. The van der Waals surface area contributed by atoms with Crippen LogP contribution in [0.1, 0.15) is 30.9 Å². The highest BCUT2D eigenvalue weighted by atomic mass is 32.1. The molecule has 2 rings (SSSR count). The Bertz CT molecular complexity index is 510. The Morgan fingerprint density at radius 3 is 2.81 bits per heavy atom. The van der Waals surface area contributed by atoms with Gasteiger partial charge >= 0.3 is 0 Å². The first-order chi connectivity index (χ1) is 10.3. The lowest BCUT2D eigenvalue weighted by Gasteiger charge is -2.19. The van der Waals surface area contributed by atoms with Crippen LogP contribution in [0.2, 0.25) is 0 Å². The predicted octanol–water partition coefficient (Wildman–Crippen LogP) is 4.30. The molecule has 1 N–H and O–H groups in total. The zero-order valence-corrected chi connectivity index (χ0v) is 13.8. The molecule has 1 atom stereocenters. The summed E-state index contributed by atoms with van der Waals surface area (Å²) in [5, 5.41) is 8.09. The number of ether oxygens (including phenoxy) is 1. The minimum atomic E-state index is 0.501. The zero-order chi connectivity index (χ0) is 14.9. The van der Waals surface area contributed by atoms with Gasteiger partial charge in [-0.25, -0.2) is 0 Å². The number of benzene rings is 1. The lowest BCUT2D eigenvalue weighted by Crippen LogP contribution is -2.32. The van der Waals surface area contributed by atoms with Gasteiger partial charge in [0.05, 0.1) is 7.11 Å². The molecule has 0 bridgehead atoms. The van der Waals surface area contributed by atoms with Gasteiger partial charge in [-0.1, -0.05) is 25.1 Å². The Morgan fingerprint density at radius 1 is 1.24 bits per heavy atom. The van der Waals surface area contributed by atoms with Gasteiger partial charge in [-0.3, -0.25) is 0 Å². The molecule has 0 saturated carbocycles. The molecule has 0 radical (unpaired) electrons. The molecule has 1 aromatic carbocycles. The van der Waals surface area contributed by atoms with Crippen molar-refractivity contribution in [1.29, 1.82) is 0 Å². The lowest BCUT2D eigenvalue weighted by molar-refractivity contribution is 0.402. The van der Waals surface area contributed by atoms with E-state index in [0.717, 1.165) is 31.6 Å². The quantitative estimate of drug-likeness (QED) is 0.745. The van der Waals surface area contributed by atoms with Crippen molar-refractivity contribution in [2.75, 3.05) is 13.7 Å². The summed E-state index contributed by atoms with van der Waals surface area (Å²) in [5.41, 5.74) is 2.74. The van der Waals surface area contributed by atoms with Gasteiger partial charge in [0.15, 0.2) is 0 Å². The standard InChI is InChI=1S/C18H25NOS/c1-3-11-19-17(9-8-15-10-12-21-14-15)13-16-6-4-5-7-18(16)20-2/h4-7,10,12,14,17,19H,3,8-9,11,13H2,1-2H3. The summed E-state index contributed by atoms with van der Waals surface area (Å²) in [6.45, 7) is 3.29. The Hall–Kier alpha value is -1.32. The van der Waals surface area contributed by atoms with Crippen LogP contribution in [-0.4, -0.2) is 19.7 Å². The summed E-state index contributed by atoms with van der Waals surface area (Å²) in [6.07, 6.45) is 4.49. The number of nitrogens with one attached hydrogen (secondary N) is 1. The van der Waals surface area contributed by atoms with Gasteiger partial charge in [-0.05, 0) is 66.2 Å². The third-order valence-corrected chi connectivity index (χ3v) is 4.44. The van der Waals surface area contributed by atoms with Crippen LogP contribution in [0.15, 0.2) is 41.1 Å². The predicted molar refractivity (Wildman–Crippen MR) is 91.4 cm³/mol. The molecule has 0 saturated heterocycles. The average molecular weight is 303 g/mol. The SMILES string of the molecule is CCCNC(CCc1ccsc1)Cc1ccccc1OC. The van der Waals surface area contributed by atoms with E-state index >= 15 is 0 Å². The van der Waals surface area contributed by atoms with Gasteiger partial charge in [-0.15, -0.1) is 0 Å². The second kappa shape index (κ2) is 8.85. The first-order valence-electron chi connectivity index (χ1n) is 7.69. The Balaban J connectivity index is 1.97. The van der Waals surface area contributed by atoms with Crippen molar-refractivity contribution < 1.29 is 4.74 Å². The van der Waals surface area contributed by atoms with Gasteiger partial charge < -0.3 is 10.1 Å². The molecule has 3 heteroatoms. The van der Waals surface area contributed by atoms with E-state index in [1.807, 2.05) is 12.1 Å². The molecule has 1 unspecified atom stereocenters. The van der Waals surface area contributed by atoms with E-state index < -0.39 is 0 Å². The Morgan fingerprint density at radius 2 is 2.10 bits per heavy atom. The van der Waals surface area contributed by atoms with Crippen LogP contribution in [-0.2, 0) is 12.8 Å². The maximum Gasteiger partial charge on any atom is 0.122 e. The monoisotopic (exact) mass is 303 g/mol. The van der Waals surface area contributed by atoms with Gasteiger partial charge in [0, 0.05) is 6.04 Å². The Labute approximate surface area is 132 Å². The van der Waals surface area contributed by atoms with E-state index in [-0.39, 0.29) is 0 Å². The van der Waals surface area contributed by atoms with Crippen LogP contribution in [0.3, 0.4) is 0 Å². The fraction of sp³-hybridized carbons (Fsp3) is 0.444. The molecule has 2 aromatic rings. The molecule has 0 fully saturated rings. The minimum absolute atomic E-state index is 0.501. The fourth-order valence-corrected chi connectivity index (χ4v) is 3.24. The third kappa shape index (κ3) is 5.18. The second-order valence-corrected chi connectivity index (χ2v) is 6.12. The zero-order valence-electron chi connectivity index (χ0n) is 13.0. The lowest BCUT2D eigenvalue weighted by atomic mass is 9.99. The first kappa shape index (κ1) is 16.1. The summed E-state index contributed by atoms with van der Waals surface area (Å²) in [7, 11) is 1.75. The van der Waals surface area contributed by atoms with Crippen molar-refractivity contribution in [3.8, 4) is 5.75 Å². The molecule has 1 heterocycles. The molecule has 21 heavy (non-hydrogen) atoms. The van der Waals surface area contributed by atoms with Crippen molar-refractivity contribution in [2.45, 2.75) is 38.6 Å². The van der Waals surface area contributed by atoms with E-state index in [2.05, 4.69) is 41.2 Å². The highest BCUT2D eigenvalue weighted by molar-refractivity contribution is 7.07. The molecule has 0 amide bonds. The highest BCUT2D eigenvalue weighted by Crippen LogP contribution is 2.20. The molecular formula is C18H25NOS. The van der Waals surface area contributed by atoms with E-state index in [0.29, 0.717) is 6.04 Å². The van der Waals surface area contributed by atoms with Crippen LogP contribution in [0, 0.1) is 0 Å². The van der Waals surface area contributed by atoms with E-state index in [4.69, 9.17) is 4.74 Å². The largest absolute Gasteiger partial charge is 0.496 e. The van der Waals surface area contributed by atoms with Crippen LogP contribution >= 0.6 is 11.3 Å². The van der Waals surface area contributed by atoms with Crippen molar-refractivity contribution in [1.82, 2.24) is 5.32 Å². The molecule has 2 nitrogen and oxygen atoms in total. The van der Waals surface area contributed by atoms with Crippen molar-refractivity contribution in [3.05, 3.63) is 52.2 Å². The van der Waals surface area contributed by atoms with E-state index in [1.54, 1.807) is 18.4 Å². The molecule has 0 spiro atoms. The summed E-state index contributed by atoms with van der Waals surface area (Å²) in [4.78, 5) is 0. The van der Waals surface area contributed by atoms with Crippen LogP contribution in [0.25, 0.3) is 0 Å². The smallest absolute Gasteiger partial charge is 0.122 e. The minimum Gasteiger partial charge on any atom is -0.496 e. The Kier molecular flexibility index (Phi) is 6.77. The van der Waals surface area contributed by atoms with E-state index in [9.17, 15) is 0 Å².